The summed E-state index contributed by atoms with van der Waals surface area (Å²) in [5.74, 6) is 0.310. The normalized spacial score (nSPS) is 15.1. The van der Waals surface area contributed by atoms with Crippen molar-refractivity contribution in [1.82, 2.24) is 10.3 Å². The SMILES string of the molecule is O=[N+]([O-])c1ccc(NC(=S)NC2CCN(c3cccc(C(F)(F)F)n3)CC2)cc1. The van der Waals surface area contributed by atoms with Crippen LogP contribution in [0.25, 0.3) is 0 Å². The van der Waals surface area contributed by atoms with E-state index in [0.717, 1.165) is 6.07 Å². The van der Waals surface area contributed by atoms with E-state index in [1.54, 1.807) is 18.2 Å². The molecule has 7 nitrogen and oxygen atoms in total. The number of hydrogen-bond acceptors (Lipinski definition) is 5. The Hall–Kier alpha value is -2.95. The van der Waals surface area contributed by atoms with Gasteiger partial charge in [-0.2, -0.15) is 13.2 Å². The number of pyridine rings is 1. The summed E-state index contributed by atoms with van der Waals surface area (Å²) in [6.45, 7) is 1.10. The number of nitrogens with zero attached hydrogens (tertiary/aromatic N) is 3. The third-order valence-corrected chi connectivity index (χ3v) is 4.73. The second-order valence-electron chi connectivity index (χ2n) is 6.54. The Morgan fingerprint density at radius 3 is 2.41 bits per heavy atom. The van der Waals surface area contributed by atoms with Crippen molar-refractivity contribution in [2.24, 2.45) is 0 Å². The van der Waals surface area contributed by atoms with Gasteiger partial charge in [-0.3, -0.25) is 10.1 Å². The zero-order valence-corrected chi connectivity index (χ0v) is 16.0. The number of halogens is 3. The number of alkyl halides is 3. The van der Waals surface area contributed by atoms with Crippen molar-refractivity contribution < 1.29 is 18.1 Å². The number of nitrogens with one attached hydrogen (secondary N) is 2. The molecule has 0 atom stereocenters. The van der Waals surface area contributed by atoms with Gasteiger partial charge in [-0.15, -0.1) is 0 Å². The van der Waals surface area contributed by atoms with Crippen LogP contribution in [0, 0.1) is 10.1 Å². The first kappa shape index (κ1) is 20.8. The number of piperidine rings is 1. The number of non-ortho nitro benzene ring substituents is 1. The minimum absolute atomic E-state index is 0.00926. The lowest BCUT2D eigenvalue weighted by molar-refractivity contribution is -0.384. The summed E-state index contributed by atoms with van der Waals surface area (Å²) in [5, 5.41) is 17.2. The highest BCUT2D eigenvalue weighted by molar-refractivity contribution is 7.80. The fourth-order valence-corrected chi connectivity index (χ4v) is 3.31. The van der Waals surface area contributed by atoms with Crippen LogP contribution in [-0.4, -0.2) is 34.2 Å². The molecule has 2 heterocycles. The fraction of sp³-hybridized carbons (Fsp3) is 0.333. The standard InChI is InChI=1S/C18H18F3N5O2S/c19-18(20,21)15-2-1-3-16(24-15)25-10-8-13(9-11-25)23-17(29)22-12-4-6-14(7-5-12)26(27)28/h1-7,13H,8-11H2,(H2,22,23,29). The van der Waals surface area contributed by atoms with E-state index >= 15 is 0 Å². The Bertz CT molecular complexity index is 884. The van der Waals surface area contributed by atoms with Gasteiger partial charge in [-0.1, -0.05) is 6.07 Å². The van der Waals surface area contributed by atoms with Crippen molar-refractivity contribution in [3.8, 4) is 0 Å². The number of thiocarbonyl (C=S) groups is 1. The molecule has 0 amide bonds. The van der Waals surface area contributed by atoms with E-state index in [2.05, 4.69) is 15.6 Å². The van der Waals surface area contributed by atoms with Gasteiger partial charge in [0, 0.05) is 37.0 Å². The molecule has 0 unspecified atom stereocenters. The van der Waals surface area contributed by atoms with Gasteiger partial charge >= 0.3 is 6.18 Å². The van der Waals surface area contributed by atoms with Crippen LogP contribution >= 0.6 is 12.2 Å². The van der Waals surface area contributed by atoms with Crippen LogP contribution in [0.1, 0.15) is 18.5 Å². The van der Waals surface area contributed by atoms with Crippen LogP contribution in [0.15, 0.2) is 42.5 Å². The maximum absolute atomic E-state index is 12.8. The molecule has 3 rings (SSSR count). The largest absolute Gasteiger partial charge is 0.433 e. The molecular formula is C18H18F3N5O2S. The van der Waals surface area contributed by atoms with Crippen molar-refractivity contribution in [2.75, 3.05) is 23.3 Å². The monoisotopic (exact) mass is 425 g/mol. The molecule has 154 valence electrons. The Kier molecular flexibility index (Phi) is 6.16. The van der Waals surface area contributed by atoms with Crippen LogP contribution in [-0.2, 0) is 6.18 Å². The van der Waals surface area contributed by atoms with Gasteiger partial charge in [0.15, 0.2) is 5.11 Å². The number of hydrogen-bond donors (Lipinski definition) is 2. The first-order chi connectivity index (χ1) is 13.7. The number of nitro groups is 1. The van der Waals surface area contributed by atoms with E-state index in [1.807, 2.05) is 4.90 Å². The van der Waals surface area contributed by atoms with Crippen molar-refractivity contribution in [3.63, 3.8) is 0 Å². The van der Waals surface area contributed by atoms with Gasteiger partial charge in [-0.05, 0) is 49.3 Å². The number of nitro benzene ring substituents is 1. The number of aromatic nitrogens is 1. The lowest BCUT2D eigenvalue weighted by Gasteiger charge is -2.34. The molecule has 29 heavy (non-hydrogen) atoms. The van der Waals surface area contributed by atoms with Gasteiger partial charge in [-0.25, -0.2) is 4.98 Å². The quantitative estimate of drug-likeness (QED) is 0.436. The summed E-state index contributed by atoms with van der Waals surface area (Å²) >= 11 is 5.28. The van der Waals surface area contributed by atoms with E-state index in [9.17, 15) is 23.3 Å². The first-order valence-corrected chi connectivity index (χ1v) is 9.24. The first-order valence-electron chi connectivity index (χ1n) is 8.83. The molecular weight excluding hydrogens is 407 g/mol. The number of rotatable bonds is 4. The van der Waals surface area contributed by atoms with Crippen molar-refractivity contribution >= 4 is 34.5 Å². The molecule has 0 spiro atoms. The van der Waals surface area contributed by atoms with E-state index in [0.29, 0.717) is 42.5 Å². The summed E-state index contributed by atoms with van der Waals surface area (Å²) in [4.78, 5) is 15.7. The topological polar surface area (TPSA) is 83.3 Å². The molecule has 1 aromatic heterocycles. The van der Waals surface area contributed by atoms with Gasteiger partial charge in [0.25, 0.3) is 5.69 Å². The molecule has 1 aliphatic rings. The summed E-state index contributed by atoms with van der Waals surface area (Å²) in [7, 11) is 0. The molecule has 11 heteroatoms. The molecule has 1 aromatic carbocycles. The summed E-state index contributed by atoms with van der Waals surface area (Å²) in [6, 6.07) is 9.84. The van der Waals surface area contributed by atoms with Gasteiger partial charge in [0.05, 0.1) is 4.92 Å². The van der Waals surface area contributed by atoms with Crippen LogP contribution in [0.5, 0.6) is 0 Å². The Balaban J connectivity index is 1.50. The minimum atomic E-state index is -4.47. The number of anilines is 2. The van der Waals surface area contributed by atoms with Crippen molar-refractivity contribution in [1.29, 1.82) is 0 Å². The van der Waals surface area contributed by atoms with Crippen LogP contribution < -0.4 is 15.5 Å². The Morgan fingerprint density at radius 2 is 1.83 bits per heavy atom. The molecule has 0 aliphatic carbocycles. The van der Waals surface area contributed by atoms with Crippen LogP contribution in [0.2, 0.25) is 0 Å². The molecule has 1 aliphatic heterocycles. The molecule has 2 aromatic rings. The maximum atomic E-state index is 12.8. The highest BCUT2D eigenvalue weighted by atomic mass is 32.1. The van der Waals surface area contributed by atoms with Gasteiger partial charge < -0.3 is 15.5 Å². The lowest BCUT2D eigenvalue weighted by atomic mass is 10.1. The van der Waals surface area contributed by atoms with Crippen LogP contribution in [0.3, 0.4) is 0 Å². The maximum Gasteiger partial charge on any atom is 0.433 e. The molecule has 2 N–H and O–H groups in total. The molecule has 1 saturated heterocycles. The predicted octanol–water partition coefficient (Wildman–Crippen LogP) is 3.96. The smallest absolute Gasteiger partial charge is 0.360 e. The van der Waals surface area contributed by atoms with E-state index < -0.39 is 16.8 Å². The second-order valence-corrected chi connectivity index (χ2v) is 6.95. The summed E-state index contributed by atoms with van der Waals surface area (Å²) < 4.78 is 38.5. The Labute approximate surface area is 170 Å². The highest BCUT2D eigenvalue weighted by Gasteiger charge is 2.33. The third kappa shape index (κ3) is 5.53. The van der Waals surface area contributed by atoms with Crippen molar-refractivity contribution in [3.05, 3.63) is 58.3 Å². The number of benzene rings is 1. The predicted molar refractivity (Wildman–Crippen MR) is 107 cm³/mol. The van der Waals surface area contributed by atoms with E-state index in [4.69, 9.17) is 12.2 Å². The molecule has 0 saturated carbocycles. The van der Waals surface area contributed by atoms with Gasteiger partial charge in [0.1, 0.15) is 11.5 Å². The summed E-state index contributed by atoms with van der Waals surface area (Å²) in [5.41, 5.74) is -0.285. The zero-order chi connectivity index (χ0) is 21.0. The van der Waals surface area contributed by atoms with Gasteiger partial charge in [0.2, 0.25) is 0 Å². The highest BCUT2D eigenvalue weighted by Crippen LogP contribution is 2.29. The summed E-state index contributed by atoms with van der Waals surface area (Å²) in [6.07, 6.45) is -3.11. The Morgan fingerprint density at radius 1 is 1.17 bits per heavy atom. The van der Waals surface area contributed by atoms with E-state index in [-0.39, 0.29) is 11.7 Å². The average Bonchev–Trinajstić information content (AvgIpc) is 2.68. The second kappa shape index (κ2) is 8.60. The minimum Gasteiger partial charge on any atom is -0.360 e. The third-order valence-electron chi connectivity index (χ3n) is 4.51. The zero-order valence-electron chi connectivity index (χ0n) is 15.1. The lowest BCUT2D eigenvalue weighted by Crippen LogP contribution is -2.46. The molecule has 0 radical (unpaired) electrons. The molecule has 0 bridgehead atoms. The van der Waals surface area contributed by atoms with E-state index in [1.165, 1.54) is 18.2 Å². The van der Waals surface area contributed by atoms with Crippen molar-refractivity contribution in [2.45, 2.75) is 25.1 Å². The fourth-order valence-electron chi connectivity index (χ4n) is 3.03. The van der Waals surface area contributed by atoms with Crippen LogP contribution in [0.4, 0.5) is 30.4 Å². The average molecular weight is 425 g/mol. The molecule has 1 fully saturated rings.